The van der Waals surface area contributed by atoms with Gasteiger partial charge in [-0.1, -0.05) is 20.8 Å². The van der Waals surface area contributed by atoms with Gasteiger partial charge in [-0.3, -0.25) is 4.79 Å². The lowest BCUT2D eigenvalue weighted by molar-refractivity contribution is -0.141. The van der Waals surface area contributed by atoms with Crippen LogP contribution in [-0.2, 0) is 4.79 Å². The Morgan fingerprint density at radius 1 is 1.50 bits per heavy atom. The molecule has 0 radical (unpaired) electrons. The molecule has 0 fully saturated rings. The van der Waals surface area contributed by atoms with Crippen molar-refractivity contribution < 1.29 is 9.90 Å². The van der Waals surface area contributed by atoms with Crippen molar-refractivity contribution in [3.8, 4) is 0 Å². The number of aliphatic carboxylic acids is 1. The van der Waals surface area contributed by atoms with Crippen LogP contribution in [0, 0.1) is 5.92 Å². The van der Waals surface area contributed by atoms with E-state index >= 15 is 0 Å². The molecule has 0 saturated heterocycles. The van der Waals surface area contributed by atoms with Crippen LogP contribution in [-0.4, -0.2) is 22.1 Å². The number of hydrogen-bond donors (Lipinski definition) is 1. The molecular formula is C9H18O2S. The topological polar surface area (TPSA) is 37.3 Å². The Bertz CT molecular complexity index is 136. The molecule has 2 atom stereocenters. The van der Waals surface area contributed by atoms with Gasteiger partial charge < -0.3 is 5.11 Å². The molecule has 2 unspecified atom stereocenters. The van der Waals surface area contributed by atoms with Gasteiger partial charge in [0.2, 0.25) is 0 Å². The summed E-state index contributed by atoms with van der Waals surface area (Å²) in [5.74, 6) is 0.223. The van der Waals surface area contributed by atoms with E-state index in [1.165, 1.54) is 0 Å². The molecule has 3 heteroatoms. The minimum atomic E-state index is -0.659. The highest BCUT2D eigenvalue weighted by atomic mass is 32.2. The molecule has 0 aliphatic carbocycles. The molecule has 0 saturated carbocycles. The van der Waals surface area contributed by atoms with Gasteiger partial charge in [-0.2, -0.15) is 11.8 Å². The summed E-state index contributed by atoms with van der Waals surface area (Å²) in [6, 6.07) is 0. The number of thioether (sulfide) groups is 1. The quantitative estimate of drug-likeness (QED) is 0.699. The number of carboxylic acid groups (broad SMARTS) is 1. The summed E-state index contributed by atoms with van der Waals surface area (Å²) in [5, 5.41) is 9.07. The van der Waals surface area contributed by atoms with Crippen molar-refractivity contribution in [1.82, 2.24) is 0 Å². The monoisotopic (exact) mass is 190 g/mol. The molecule has 0 spiro atoms. The highest BCUT2D eigenvalue weighted by Crippen LogP contribution is 2.22. The van der Waals surface area contributed by atoms with Gasteiger partial charge in [0.15, 0.2) is 0 Å². The first-order valence-electron chi connectivity index (χ1n) is 4.47. The van der Waals surface area contributed by atoms with E-state index in [1.807, 2.05) is 13.8 Å². The van der Waals surface area contributed by atoms with Crippen molar-refractivity contribution in [1.29, 1.82) is 0 Å². The van der Waals surface area contributed by atoms with Crippen molar-refractivity contribution in [3.05, 3.63) is 0 Å². The summed E-state index contributed by atoms with van der Waals surface area (Å²) in [6.07, 6.45) is 1.85. The van der Waals surface area contributed by atoms with Gasteiger partial charge in [-0.15, -0.1) is 0 Å². The molecule has 0 heterocycles. The van der Waals surface area contributed by atoms with Crippen LogP contribution in [0.1, 0.15) is 33.6 Å². The average Bonchev–Trinajstić information content (AvgIpc) is 2.01. The summed E-state index contributed by atoms with van der Waals surface area (Å²) in [6.45, 7) is 6.05. The van der Waals surface area contributed by atoms with Crippen LogP contribution in [0.4, 0.5) is 0 Å². The molecule has 0 aliphatic heterocycles. The van der Waals surface area contributed by atoms with Crippen LogP contribution in [0.15, 0.2) is 0 Å². The van der Waals surface area contributed by atoms with Gasteiger partial charge in [-0.05, 0) is 18.6 Å². The molecule has 72 valence electrons. The minimum Gasteiger partial charge on any atom is -0.481 e. The Kier molecular flexibility index (Phi) is 6.25. The lowest BCUT2D eigenvalue weighted by Crippen LogP contribution is -2.22. The largest absolute Gasteiger partial charge is 0.481 e. The standard InChI is InChI=1S/C9H18O2S/c1-4-6-12-7(3)8(5-2)9(10)11/h7-8H,4-6H2,1-3H3,(H,10,11). The lowest BCUT2D eigenvalue weighted by Gasteiger charge is -2.17. The number of carbonyl (C=O) groups is 1. The molecule has 12 heavy (non-hydrogen) atoms. The summed E-state index contributed by atoms with van der Waals surface area (Å²) < 4.78 is 0. The predicted molar refractivity (Wildman–Crippen MR) is 53.6 cm³/mol. The van der Waals surface area contributed by atoms with Gasteiger partial charge in [0.1, 0.15) is 0 Å². The van der Waals surface area contributed by atoms with Crippen LogP contribution < -0.4 is 0 Å². The third-order valence-electron chi connectivity index (χ3n) is 1.91. The first kappa shape index (κ1) is 11.8. The Hall–Kier alpha value is -0.180. The Balaban J connectivity index is 3.85. The van der Waals surface area contributed by atoms with Crippen molar-refractivity contribution in [2.75, 3.05) is 5.75 Å². The second-order valence-electron chi connectivity index (χ2n) is 2.93. The Morgan fingerprint density at radius 3 is 2.42 bits per heavy atom. The first-order valence-corrected chi connectivity index (χ1v) is 5.52. The van der Waals surface area contributed by atoms with Crippen LogP contribution in [0.3, 0.4) is 0 Å². The van der Waals surface area contributed by atoms with Crippen molar-refractivity contribution in [2.45, 2.75) is 38.9 Å². The van der Waals surface area contributed by atoms with E-state index in [0.717, 1.165) is 18.6 Å². The molecule has 0 rings (SSSR count). The molecule has 2 nitrogen and oxygen atoms in total. The van der Waals surface area contributed by atoms with Gasteiger partial charge in [0.25, 0.3) is 0 Å². The van der Waals surface area contributed by atoms with Crippen LogP contribution in [0.25, 0.3) is 0 Å². The molecule has 1 N–H and O–H groups in total. The third kappa shape index (κ3) is 4.00. The van der Waals surface area contributed by atoms with Crippen LogP contribution in [0.2, 0.25) is 0 Å². The molecule has 0 amide bonds. The summed E-state index contributed by atoms with van der Waals surface area (Å²) >= 11 is 1.76. The van der Waals surface area contributed by atoms with E-state index in [-0.39, 0.29) is 11.2 Å². The fraction of sp³-hybridized carbons (Fsp3) is 0.889. The molecule has 0 bridgehead atoms. The molecule has 0 aromatic carbocycles. The SMILES string of the molecule is CCCSC(C)C(CC)C(=O)O. The fourth-order valence-corrected chi connectivity index (χ4v) is 2.28. The fourth-order valence-electron chi connectivity index (χ4n) is 1.13. The molecule has 0 aromatic rings. The van der Waals surface area contributed by atoms with E-state index in [1.54, 1.807) is 11.8 Å². The van der Waals surface area contributed by atoms with Crippen LogP contribution >= 0.6 is 11.8 Å². The maximum absolute atomic E-state index is 10.7. The molecular weight excluding hydrogens is 172 g/mol. The highest BCUT2D eigenvalue weighted by Gasteiger charge is 2.22. The summed E-state index contributed by atoms with van der Waals surface area (Å²) in [7, 11) is 0. The first-order chi connectivity index (χ1) is 5.63. The number of rotatable bonds is 6. The zero-order valence-corrected chi connectivity index (χ0v) is 8.86. The molecule has 0 aromatic heterocycles. The van der Waals surface area contributed by atoms with Crippen molar-refractivity contribution >= 4 is 17.7 Å². The Labute approximate surface area is 78.7 Å². The third-order valence-corrected chi connectivity index (χ3v) is 3.41. The van der Waals surface area contributed by atoms with E-state index in [4.69, 9.17) is 5.11 Å². The van der Waals surface area contributed by atoms with Crippen molar-refractivity contribution in [2.24, 2.45) is 5.92 Å². The second-order valence-corrected chi connectivity index (χ2v) is 4.41. The van der Waals surface area contributed by atoms with E-state index in [9.17, 15) is 4.79 Å². The normalized spacial score (nSPS) is 15.6. The van der Waals surface area contributed by atoms with Gasteiger partial charge in [-0.25, -0.2) is 0 Å². The Morgan fingerprint density at radius 2 is 2.08 bits per heavy atom. The lowest BCUT2D eigenvalue weighted by atomic mass is 10.0. The number of carboxylic acids is 1. The summed E-state index contributed by atoms with van der Waals surface area (Å²) in [5.41, 5.74) is 0. The minimum absolute atomic E-state index is 0.179. The zero-order valence-electron chi connectivity index (χ0n) is 8.04. The maximum Gasteiger partial charge on any atom is 0.307 e. The molecule has 0 aliphatic rings. The second kappa shape index (κ2) is 6.35. The smallest absolute Gasteiger partial charge is 0.307 e. The highest BCUT2D eigenvalue weighted by molar-refractivity contribution is 7.99. The average molecular weight is 190 g/mol. The zero-order chi connectivity index (χ0) is 9.56. The van der Waals surface area contributed by atoms with E-state index < -0.39 is 5.97 Å². The van der Waals surface area contributed by atoms with Gasteiger partial charge in [0.05, 0.1) is 5.92 Å². The van der Waals surface area contributed by atoms with Crippen LogP contribution in [0.5, 0.6) is 0 Å². The van der Waals surface area contributed by atoms with Gasteiger partial charge in [0, 0.05) is 5.25 Å². The van der Waals surface area contributed by atoms with E-state index in [0.29, 0.717) is 0 Å². The van der Waals surface area contributed by atoms with E-state index in [2.05, 4.69) is 6.92 Å². The summed E-state index contributed by atoms with van der Waals surface area (Å²) in [4.78, 5) is 10.7. The predicted octanol–water partition coefficient (Wildman–Crippen LogP) is 2.63. The number of hydrogen-bond acceptors (Lipinski definition) is 2. The van der Waals surface area contributed by atoms with Gasteiger partial charge >= 0.3 is 5.97 Å². The van der Waals surface area contributed by atoms with Crippen molar-refractivity contribution in [3.63, 3.8) is 0 Å². The maximum atomic E-state index is 10.7.